The molecule has 1 heterocycles. The number of hydrogen-bond donors (Lipinski definition) is 2. The Morgan fingerprint density at radius 3 is 2.21 bits per heavy atom. The summed E-state index contributed by atoms with van der Waals surface area (Å²) in [5.41, 5.74) is -3.54. The molecule has 1 amide bonds. The van der Waals surface area contributed by atoms with E-state index in [1.807, 2.05) is 0 Å². The molecule has 2 aromatic carbocycles. The van der Waals surface area contributed by atoms with Crippen molar-refractivity contribution in [1.29, 1.82) is 0 Å². The second-order valence-electron chi connectivity index (χ2n) is 6.97. The maximum Gasteiger partial charge on any atom is 0.416 e. The fraction of sp³-hybridized carbons (Fsp3) is 0.190. The first kappa shape index (κ1) is 24.9. The minimum atomic E-state index is -5.03. The Morgan fingerprint density at radius 1 is 1.03 bits per heavy atom. The van der Waals surface area contributed by atoms with Gasteiger partial charge in [-0.2, -0.15) is 36.1 Å². The molecule has 0 spiro atoms. The zero-order valence-electron chi connectivity index (χ0n) is 16.8. The molecule has 0 radical (unpaired) electrons. The first-order valence-electron chi connectivity index (χ1n) is 9.37. The number of amides is 1. The van der Waals surface area contributed by atoms with Gasteiger partial charge in [0, 0.05) is 5.56 Å². The third-order valence-electron chi connectivity index (χ3n) is 4.60. The fourth-order valence-electron chi connectivity index (χ4n) is 2.88. The largest absolute Gasteiger partial charge is 0.416 e. The van der Waals surface area contributed by atoms with Crippen molar-refractivity contribution in [3.8, 4) is 16.9 Å². The lowest BCUT2D eigenvalue weighted by molar-refractivity contribution is -0.161. The Kier molecular flexibility index (Phi) is 6.77. The van der Waals surface area contributed by atoms with Crippen LogP contribution in [0.2, 0.25) is 0 Å². The zero-order chi connectivity index (χ0) is 25.3. The molecule has 3 rings (SSSR count). The highest BCUT2D eigenvalue weighted by Gasteiger charge is 2.40. The first-order valence-corrected chi connectivity index (χ1v) is 9.37. The summed E-state index contributed by atoms with van der Waals surface area (Å²) in [6.07, 6.45) is -9.68. The van der Waals surface area contributed by atoms with E-state index in [0.717, 1.165) is 30.3 Å². The SMILES string of the molecule is O=C(NC(CO)C(F)(F)F)c1cc(-c2ccc(C(F)(F)F)cc2)nn(-c2cccc(F)c2)c1=O. The van der Waals surface area contributed by atoms with Gasteiger partial charge in [-0.3, -0.25) is 9.59 Å². The molecule has 13 heteroatoms. The van der Waals surface area contributed by atoms with Crippen molar-refractivity contribution in [2.45, 2.75) is 18.4 Å². The number of aliphatic hydroxyl groups is 1. The van der Waals surface area contributed by atoms with Gasteiger partial charge in [0.25, 0.3) is 11.5 Å². The predicted molar refractivity (Wildman–Crippen MR) is 105 cm³/mol. The summed E-state index contributed by atoms with van der Waals surface area (Å²) in [6, 6.07) is 5.82. The number of benzene rings is 2. The van der Waals surface area contributed by atoms with Crippen molar-refractivity contribution >= 4 is 5.91 Å². The third kappa shape index (κ3) is 5.42. The van der Waals surface area contributed by atoms with E-state index < -0.39 is 53.4 Å². The van der Waals surface area contributed by atoms with Crippen molar-refractivity contribution in [2.75, 3.05) is 6.61 Å². The number of aromatic nitrogens is 2. The highest BCUT2D eigenvalue weighted by atomic mass is 19.4. The van der Waals surface area contributed by atoms with Gasteiger partial charge < -0.3 is 10.4 Å². The lowest BCUT2D eigenvalue weighted by Gasteiger charge is -2.19. The van der Waals surface area contributed by atoms with Gasteiger partial charge in [-0.1, -0.05) is 18.2 Å². The van der Waals surface area contributed by atoms with Crippen LogP contribution in [0.4, 0.5) is 30.7 Å². The molecular weight excluding hydrogens is 475 g/mol. The van der Waals surface area contributed by atoms with Crippen molar-refractivity contribution in [3.05, 3.63) is 81.9 Å². The van der Waals surface area contributed by atoms with E-state index in [1.165, 1.54) is 17.4 Å². The second-order valence-corrected chi connectivity index (χ2v) is 6.97. The lowest BCUT2D eigenvalue weighted by atomic mass is 10.1. The summed E-state index contributed by atoms with van der Waals surface area (Å²) in [5.74, 6) is -2.32. The van der Waals surface area contributed by atoms with Gasteiger partial charge in [-0.15, -0.1) is 0 Å². The Labute approximate surface area is 186 Å². The lowest BCUT2D eigenvalue weighted by Crippen LogP contribution is -2.49. The number of aliphatic hydroxyl groups excluding tert-OH is 1. The molecule has 2 N–H and O–H groups in total. The van der Waals surface area contributed by atoms with Crippen LogP contribution in [0.5, 0.6) is 0 Å². The van der Waals surface area contributed by atoms with Gasteiger partial charge in [-0.25, -0.2) is 4.39 Å². The van der Waals surface area contributed by atoms with Crippen molar-refractivity contribution < 1.29 is 40.6 Å². The van der Waals surface area contributed by atoms with E-state index in [2.05, 4.69) is 5.10 Å². The summed E-state index contributed by atoms with van der Waals surface area (Å²) in [6.45, 7) is -1.51. The van der Waals surface area contributed by atoms with Crippen LogP contribution in [0.25, 0.3) is 16.9 Å². The highest BCUT2D eigenvalue weighted by Crippen LogP contribution is 2.30. The second kappa shape index (κ2) is 9.25. The molecule has 0 aliphatic heterocycles. The Hall–Kier alpha value is -3.74. The standard InChI is InChI=1S/C21H14F7N3O3/c22-13-2-1-3-14(8-13)31-19(34)15(18(33)29-17(10-32)21(26,27)28)9-16(30-31)11-4-6-12(7-5-11)20(23,24)25/h1-9,17,32H,10H2,(H,29,33). The Balaban J connectivity index is 2.16. The summed E-state index contributed by atoms with van der Waals surface area (Å²) in [4.78, 5) is 25.4. The number of alkyl halides is 6. The topological polar surface area (TPSA) is 84.2 Å². The monoisotopic (exact) mass is 489 g/mol. The average molecular weight is 489 g/mol. The van der Waals surface area contributed by atoms with Gasteiger partial charge >= 0.3 is 12.4 Å². The predicted octanol–water partition coefficient (Wildman–Crippen LogP) is 3.71. The van der Waals surface area contributed by atoms with Crippen LogP contribution >= 0.6 is 0 Å². The third-order valence-corrected chi connectivity index (χ3v) is 4.60. The molecule has 0 saturated carbocycles. The average Bonchev–Trinajstić information content (AvgIpc) is 2.76. The number of halogens is 7. The summed E-state index contributed by atoms with van der Waals surface area (Å²) >= 11 is 0. The summed E-state index contributed by atoms with van der Waals surface area (Å²) < 4.78 is 91.7. The Bertz CT molecular complexity index is 1250. The zero-order valence-corrected chi connectivity index (χ0v) is 16.8. The molecule has 0 bridgehead atoms. The van der Waals surface area contributed by atoms with E-state index in [4.69, 9.17) is 5.11 Å². The van der Waals surface area contributed by atoms with E-state index >= 15 is 0 Å². The van der Waals surface area contributed by atoms with Crippen LogP contribution in [-0.4, -0.2) is 39.6 Å². The van der Waals surface area contributed by atoms with Gasteiger partial charge in [0.05, 0.1) is 23.6 Å². The maximum absolute atomic E-state index is 13.7. The van der Waals surface area contributed by atoms with E-state index in [9.17, 15) is 40.3 Å². The van der Waals surface area contributed by atoms with Gasteiger partial charge in [0.1, 0.15) is 17.4 Å². The normalized spacial score (nSPS) is 12.9. The fourth-order valence-corrected chi connectivity index (χ4v) is 2.88. The number of carbonyl (C=O) groups excluding carboxylic acids is 1. The molecule has 6 nitrogen and oxygen atoms in total. The molecule has 3 aromatic rings. The van der Waals surface area contributed by atoms with Crippen LogP contribution < -0.4 is 10.9 Å². The van der Waals surface area contributed by atoms with Gasteiger partial charge in [0.2, 0.25) is 0 Å². The van der Waals surface area contributed by atoms with Crippen molar-refractivity contribution in [3.63, 3.8) is 0 Å². The molecular formula is C21H14F7N3O3. The molecule has 0 saturated heterocycles. The van der Waals surface area contributed by atoms with E-state index in [1.54, 1.807) is 0 Å². The smallest absolute Gasteiger partial charge is 0.394 e. The van der Waals surface area contributed by atoms with Gasteiger partial charge in [0.15, 0.2) is 0 Å². The first-order chi connectivity index (χ1) is 15.8. The Morgan fingerprint density at radius 2 is 1.68 bits per heavy atom. The molecule has 34 heavy (non-hydrogen) atoms. The van der Waals surface area contributed by atoms with Crippen LogP contribution in [0, 0.1) is 5.82 Å². The summed E-state index contributed by atoms with van der Waals surface area (Å²) in [7, 11) is 0. The van der Waals surface area contributed by atoms with Crippen LogP contribution in [-0.2, 0) is 6.18 Å². The minimum Gasteiger partial charge on any atom is -0.394 e. The number of rotatable bonds is 5. The molecule has 180 valence electrons. The summed E-state index contributed by atoms with van der Waals surface area (Å²) in [5, 5.41) is 14.4. The van der Waals surface area contributed by atoms with Crippen LogP contribution in [0.15, 0.2) is 59.4 Å². The molecule has 1 unspecified atom stereocenters. The van der Waals surface area contributed by atoms with Crippen LogP contribution in [0.1, 0.15) is 15.9 Å². The number of carbonyl (C=O) groups is 1. The van der Waals surface area contributed by atoms with Crippen molar-refractivity contribution in [2.24, 2.45) is 0 Å². The molecule has 1 aromatic heterocycles. The molecule has 0 aliphatic carbocycles. The molecule has 1 atom stereocenters. The van der Waals surface area contributed by atoms with Crippen LogP contribution in [0.3, 0.4) is 0 Å². The maximum atomic E-state index is 13.7. The number of nitrogens with one attached hydrogen (secondary N) is 1. The number of nitrogens with zero attached hydrogens (tertiary/aromatic N) is 2. The van der Waals surface area contributed by atoms with Gasteiger partial charge in [-0.05, 0) is 36.4 Å². The number of hydrogen-bond acceptors (Lipinski definition) is 4. The van der Waals surface area contributed by atoms with Crippen molar-refractivity contribution in [1.82, 2.24) is 15.1 Å². The molecule has 0 fully saturated rings. The molecule has 0 aliphatic rings. The van der Waals surface area contributed by atoms with E-state index in [0.29, 0.717) is 16.8 Å². The highest BCUT2D eigenvalue weighted by molar-refractivity contribution is 5.95. The minimum absolute atomic E-state index is 0.0123. The quantitative estimate of drug-likeness (QED) is 0.536. The van der Waals surface area contributed by atoms with E-state index in [-0.39, 0.29) is 16.9 Å².